The minimum Gasteiger partial charge on any atom is -0.485 e. The van der Waals surface area contributed by atoms with Crippen molar-refractivity contribution in [3.63, 3.8) is 0 Å². The Bertz CT molecular complexity index is 973. The first-order chi connectivity index (χ1) is 14.5. The second-order valence-corrected chi connectivity index (χ2v) is 9.44. The van der Waals surface area contributed by atoms with E-state index in [9.17, 15) is 15.2 Å². The third kappa shape index (κ3) is 5.43. The smallest absolute Gasteiger partial charge is 0.320 e. The SMILES string of the molecule is CC(C)(C)OC(=O)CN(Cc1ccccc1)[C@@H]1c2cc(C#N)ccc2OC(C)(C)[C@H]1O. The van der Waals surface area contributed by atoms with Crippen LogP contribution in [0.1, 0.15) is 57.4 Å². The van der Waals surface area contributed by atoms with Crippen molar-refractivity contribution >= 4 is 5.97 Å². The average Bonchev–Trinajstić information content (AvgIpc) is 2.67. The van der Waals surface area contributed by atoms with Gasteiger partial charge in [-0.15, -0.1) is 0 Å². The van der Waals surface area contributed by atoms with Gasteiger partial charge >= 0.3 is 5.97 Å². The molecule has 0 unspecified atom stereocenters. The molecule has 1 N–H and O–H groups in total. The van der Waals surface area contributed by atoms with Crippen LogP contribution in [0.4, 0.5) is 0 Å². The van der Waals surface area contributed by atoms with Crippen molar-refractivity contribution in [2.75, 3.05) is 6.54 Å². The van der Waals surface area contributed by atoms with Gasteiger partial charge in [0, 0.05) is 12.1 Å². The molecule has 0 aliphatic carbocycles. The van der Waals surface area contributed by atoms with Gasteiger partial charge in [0.1, 0.15) is 23.1 Å². The molecule has 0 bridgehead atoms. The molecule has 0 saturated heterocycles. The average molecular weight is 423 g/mol. The summed E-state index contributed by atoms with van der Waals surface area (Å²) in [6, 6.07) is 16.5. The van der Waals surface area contributed by atoms with E-state index in [2.05, 4.69) is 6.07 Å². The quantitative estimate of drug-likeness (QED) is 0.734. The highest BCUT2D eigenvalue weighted by atomic mass is 16.6. The molecule has 1 aliphatic rings. The molecule has 0 saturated carbocycles. The molecule has 1 heterocycles. The molecule has 6 heteroatoms. The molecule has 0 fully saturated rings. The number of hydrogen-bond donors (Lipinski definition) is 1. The van der Waals surface area contributed by atoms with Crippen LogP contribution < -0.4 is 4.74 Å². The number of esters is 1. The van der Waals surface area contributed by atoms with Gasteiger partial charge in [-0.2, -0.15) is 5.26 Å². The van der Waals surface area contributed by atoms with E-state index in [0.29, 0.717) is 23.4 Å². The number of carbonyl (C=O) groups excluding carboxylic acids is 1. The highest BCUT2D eigenvalue weighted by Gasteiger charge is 2.46. The predicted octanol–water partition coefficient (Wildman–Crippen LogP) is 3.98. The van der Waals surface area contributed by atoms with Crippen molar-refractivity contribution in [2.24, 2.45) is 0 Å². The van der Waals surface area contributed by atoms with Gasteiger partial charge in [-0.05, 0) is 58.4 Å². The van der Waals surface area contributed by atoms with Gasteiger partial charge in [-0.25, -0.2) is 0 Å². The molecule has 0 spiro atoms. The molecule has 0 amide bonds. The molecule has 2 aromatic carbocycles. The molecule has 0 radical (unpaired) electrons. The Balaban J connectivity index is 2.05. The number of ether oxygens (including phenoxy) is 2. The summed E-state index contributed by atoms with van der Waals surface area (Å²) in [4.78, 5) is 14.7. The monoisotopic (exact) mass is 422 g/mol. The minimum atomic E-state index is -0.930. The van der Waals surface area contributed by atoms with Gasteiger partial charge in [0.25, 0.3) is 0 Å². The summed E-state index contributed by atoms with van der Waals surface area (Å²) < 4.78 is 11.6. The largest absolute Gasteiger partial charge is 0.485 e. The first-order valence-electron chi connectivity index (χ1n) is 10.4. The maximum atomic E-state index is 12.8. The second kappa shape index (κ2) is 8.70. The summed E-state index contributed by atoms with van der Waals surface area (Å²) in [5, 5.41) is 20.7. The number of aliphatic hydroxyl groups is 1. The lowest BCUT2D eigenvalue weighted by Crippen LogP contribution is -2.54. The van der Waals surface area contributed by atoms with Gasteiger partial charge in [-0.1, -0.05) is 30.3 Å². The Kier molecular flexibility index (Phi) is 6.40. The normalized spacial score (nSPS) is 19.8. The Labute approximate surface area is 184 Å². The number of benzene rings is 2. The lowest BCUT2D eigenvalue weighted by Gasteiger charge is -2.46. The zero-order chi connectivity index (χ0) is 22.8. The summed E-state index contributed by atoms with van der Waals surface area (Å²) in [6.07, 6.45) is -0.930. The van der Waals surface area contributed by atoms with Crippen LogP contribution in [0.5, 0.6) is 5.75 Å². The summed E-state index contributed by atoms with van der Waals surface area (Å²) in [6.45, 7) is 9.53. The van der Waals surface area contributed by atoms with E-state index >= 15 is 0 Å². The van der Waals surface area contributed by atoms with E-state index in [-0.39, 0.29) is 12.5 Å². The lowest BCUT2D eigenvalue weighted by molar-refractivity contribution is -0.160. The fraction of sp³-hybridized carbons (Fsp3) is 0.440. The first kappa shape index (κ1) is 22.8. The highest BCUT2D eigenvalue weighted by Crippen LogP contribution is 2.43. The lowest BCUT2D eigenvalue weighted by atomic mass is 9.84. The van der Waals surface area contributed by atoms with Gasteiger partial charge in [0.15, 0.2) is 0 Å². The van der Waals surface area contributed by atoms with Crippen molar-refractivity contribution in [1.29, 1.82) is 5.26 Å². The van der Waals surface area contributed by atoms with Gasteiger partial charge in [0.2, 0.25) is 0 Å². The summed E-state index contributed by atoms with van der Waals surface area (Å²) >= 11 is 0. The van der Waals surface area contributed by atoms with E-state index < -0.39 is 23.3 Å². The molecule has 0 aromatic heterocycles. The zero-order valence-corrected chi connectivity index (χ0v) is 18.8. The van der Waals surface area contributed by atoms with Gasteiger partial charge in [-0.3, -0.25) is 9.69 Å². The van der Waals surface area contributed by atoms with Crippen molar-refractivity contribution in [1.82, 2.24) is 4.90 Å². The number of nitriles is 1. The van der Waals surface area contributed by atoms with Crippen LogP contribution in [0.25, 0.3) is 0 Å². The third-order valence-corrected chi connectivity index (χ3v) is 5.22. The van der Waals surface area contributed by atoms with Crippen molar-refractivity contribution in [3.8, 4) is 11.8 Å². The van der Waals surface area contributed by atoms with Crippen LogP contribution in [0, 0.1) is 11.3 Å². The van der Waals surface area contributed by atoms with Crippen molar-refractivity contribution < 1.29 is 19.4 Å². The van der Waals surface area contributed by atoms with Crippen LogP contribution in [-0.2, 0) is 16.1 Å². The maximum absolute atomic E-state index is 12.8. The zero-order valence-electron chi connectivity index (χ0n) is 18.8. The number of rotatable bonds is 5. The van der Waals surface area contributed by atoms with Crippen LogP contribution in [0.3, 0.4) is 0 Å². The van der Waals surface area contributed by atoms with Crippen LogP contribution in [-0.4, -0.2) is 39.8 Å². The number of nitrogens with zero attached hydrogens (tertiary/aromatic N) is 2. The summed E-state index contributed by atoms with van der Waals surface area (Å²) in [5.41, 5.74) is 0.658. The van der Waals surface area contributed by atoms with E-state index in [0.717, 1.165) is 5.56 Å². The van der Waals surface area contributed by atoms with E-state index in [1.807, 2.05) is 69.9 Å². The predicted molar refractivity (Wildman–Crippen MR) is 117 cm³/mol. The Hall–Kier alpha value is -2.88. The fourth-order valence-corrected chi connectivity index (χ4v) is 3.84. The molecule has 1 aliphatic heterocycles. The highest BCUT2D eigenvalue weighted by molar-refractivity contribution is 5.72. The number of hydrogen-bond acceptors (Lipinski definition) is 6. The fourth-order valence-electron chi connectivity index (χ4n) is 3.84. The molecule has 2 atom stereocenters. The van der Waals surface area contributed by atoms with E-state index in [1.54, 1.807) is 18.2 Å². The Morgan fingerprint density at radius 1 is 1.23 bits per heavy atom. The van der Waals surface area contributed by atoms with Crippen LogP contribution in [0.2, 0.25) is 0 Å². The number of fused-ring (bicyclic) bond motifs is 1. The van der Waals surface area contributed by atoms with E-state index in [4.69, 9.17) is 9.47 Å². The molecular weight excluding hydrogens is 392 g/mol. The standard InChI is InChI=1S/C25H30N2O4/c1-24(2,3)31-21(28)16-27(15-17-9-7-6-8-10-17)22-19-13-18(14-26)11-12-20(19)30-25(4,5)23(22)29/h6-13,22-23,29H,15-16H2,1-5H3/t22-,23+/m1/s1. The van der Waals surface area contributed by atoms with Gasteiger partial charge in [0.05, 0.1) is 24.2 Å². The number of aliphatic hydroxyl groups excluding tert-OH is 1. The third-order valence-electron chi connectivity index (χ3n) is 5.22. The molecule has 164 valence electrons. The maximum Gasteiger partial charge on any atom is 0.320 e. The Morgan fingerprint density at radius 3 is 2.52 bits per heavy atom. The van der Waals surface area contributed by atoms with Crippen molar-refractivity contribution in [3.05, 3.63) is 65.2 Å². The molecule has 31 heavy (non-hydrogen) atoms. The molecule has 2 aromatic rings. The second-order valence-electron chi connectivity index (χ2n) is 9.44. The minimum absolute atomic E-state index is 0.0137. The van der Waals surface area contributed by atoms with Gasteiger partial charge < -0.3 is 14.6 Å². The Morgan fingerprint density at radius 2 is 1.90 bits per heavy atom. The summed E-state index contributed by atoms with van der Waals surface area (Å²) in [5.74, 6) is 0.222. The van der Waals surface area contributed by atoms with Crippen LogP contribution in [0.15, 0.2) is 48.5 Å². The molecule has 6 nitrogen and oxygen atoms in total. The number of carbonyl (C=O) groups is 1. The topological polar surface area (TPSA) is 82.8 Å². The van der Waals surface area contributed by atoms with Crippen LogP contribution >= 0.6 is 0 Å². The van der Waals surface area contributed by atoms with E-state index in [1.165, 1.54) is 0 Å². The van der Waals surface area contributed by atoms with Crippen molar-refractivity contribution in [2.45, 2.75) is 64.5 Å². The summed E-state index contributed by atoms with van der Waals surface area (Å²) in [7, 11) is 0. The molecular formula is C25H30N2O4. The first-order valence-corrected chi connectivity index (χ1v) is 10.4. The molecule has 3 rings (SSSR count).